The molecule has 0 spiro atoms. The second-order valence-electron chi connectivity index (χ2n) is 37.3. The predicted molar refractivity (Wildman–Crippen MR) is 587 cm³/mol. The Morgan fingerprint density at radius 3 is 0.554 bits per heavy atom. The zero-order valence-corrected chi connectivity index (χ0v) is 77.7. The summed E-state index contributed by atoms with van der Waals surface area (Å²) >= 11 is 0. The Hall–Kier alpha value is -20.6. The van der Waals surface area contributed by atoms with Crippen molar-refractivity contribution in [2.45, 2.75) is 0 Å². The molecule has 0 fully saturated rings. The van der Waals surface area contributed by atoms with Crippen LogP contribution in [-0.4, -0.2) is 37.5 Å². The lowest BCUT2D eigenvalue weighted by molar-refractivity contribution is 0.483. The van der Waals surface area contributed by atoms with Crippen molar-refractivity contribution in [2.24, 2.45) is 0 Å². The van der Waals surface area contributed by atoms with Crippen molar-refractivity contribution in [3.63, 3.8) is 0 Å². The summed E-state index contributed by atoms with van der Waals surface area (Å²) < 4.78 is 64.2. The molecular weight excluding hydrogens is 1840 g/mol. The first-order valence-electron chi connectivity index (χ1n) is 48.6. The van der Waals surface area contributed by atoms with Crippen molar-refractivity contribution < 1.29 is 37.9 Å². The largest absolute Gasteiger partial charge is 0.457 e. The van der Waals surface area contributed by atoms with Crippen LogP contribution < -0.4 is 60.1 Å². The van der Waals surface area contributed by atoms with Gasteiger partial charge in [0.05, 0.1) is 65.7 Å². The number of fused-ring (bicyclic) bond motifs is 18. The molecule has 32 rings (SSSR count). The maximum atomic E-state index is 16.0. The summed E-state index contributed by atoms with van der Waals surface area (Å²) in [6.07, 6.45) is 0. The average Bonchev–Trinajstić information content (AvgIpc) is 1.11. The first-order chi connectivity index (χ1) is 73.1. The summed E-state index contributed by atoms with van der Waals surface area (Å²) in [5.41, 5.74) is 6.44. The fraction of sp³-hybridized carbons (Fsp3) is 0. The van der Waals surface area contributed by atoms with E-state index in [1.165, 1.54) is 0 Å². The monoisotopic (exact) mass is 1910 g/mol. The van der Waals surface area contributed by atoms with Crippen molar-refractivity contribution in [3.05, 3.63) is 454 Å². The smallest absolute Gasteiger partial charge is 0.264 e. The van der Waals surface area contributed by atoms with Crippen LogP contribution >= 0.6 is 0 Å². The number of nitrogens with zero attached hydrogens (tertiary/aromatic N) is 8. The fourth-order valence-electron chi connectivity index (χ4n) is 23.1. The maximum absolute atomic E-state index is 16.0. The average molecular weight is 1910 g/mol. The van der Waals surface area contributed by atoms with Gasteiger partial charge in [-0.05, 0) is 205 Å². The summed E-state index contributed by atoms with van der Waals surface area (Å²) in [7, 11) is 0. The van der Waals surface area contributed by atoms with E-state index in [4.69, 9.17) is 57.8 Å². The van der Waals surface area contributed by atoms with Crippen LogP contribution in [0.2, 0.25) is 0 Å². The Kier molecular flexibility index (Phi) is 17.4. The Labute approximate surface area is 833 Å². The van der Waals surface area contributed by atoms with E-state index >= 15 is 19.2 Å². The molecular formula is C128H68N8O12. The highest BCUT2D eigenvalue weighted by Gasteiger charge is 2.37. The van der Waals surface area contributed by atoms with Crippen LogP contribution in [0.15, 0.2) is 432 Å². The van der Waals surface area contributed by atoms with Gasteiger partial charge in [-0.2, -0.15) is 0 Å². The standard InChI is InChI=1S/C68H36N4O6.C60H32N4O6/c73-67-45-36-54(78-42-27-11-4-12-28-42)62-60-52(76-40-23-7-2-8-24-40)34-44-58-46(68(74)72-50-32-16-20-38-18-14-30-48(56(38)50)70-66(44)72)35-53(77-41-25-9-3-10-26-41)61(64(58)60)59-51(75-39-21-5-1-6-22-39)33-43(57(45)63(59)62)65-69-47-29-13-17-37-19-15-31-49(55(37)47)71(65)67;65-59-39-32-48(70-36-23-11-4-12-24-36)54-52-46(68-34-19-7-2-8-20-34)30-38-50-40(60(66)64-44-28-16-14-26-42(44)62-58(38)64)31-47(69-35-21-9-3-10-22-35)53(56(50)52)51-45(67-33-17-5-1-6-18-33)29-37(49(39)55(51)54)57-61-41-25-13-15-27-43(41)63(57)59/h1-36H;1-32H. The number of benzene rings is 24. The highest BCUT2D eigenvalue weighted by atomic mass is 16.5. The van der Waals surface area contributed by atoms with Gasteiger partial charge in [0.2, 0.25) is 0 Å². The highest BCUT2D eigenvalue weighted by Crippen LogP contribution is 2.61. The van der Waals surface area contributed by atoms with Gasteiger partial charge in [-0.15, -0.1) is 0 Å². The number of hydrogen-bond donors (Lipinski definition) is 0. The Balaban J connectivity index is 0.000000135. The van der Waals surface area contributed by atoms with Gasteiger partial charge < -0.3 is 37.9 Å². The van der Waals surface area contributed by atoms with E-state index < -0.39 is 0 Å². The molecule has 0 aliphatic rings. The molecule has 0 atom stereocenters. The number of para-hydroxylation sites is 12. The Bertz CT molecular complexity index is 10800. The highest BCUT2D eigenvalue weighted by molar-refractivity contribution is 6.47. The van der Waals surface area contributed by atoms with Gasteiger partial charge in [-0.3, -0.25) is 36.8 Å². The fourth-order valence-corrected chi connectivity index (χ4v) is 23.1. The summed E-state index contributed by atoms with van der Waals surface area (Å²) in [5.74, 6) is 7.90. The molecule has 32 aromatic rings. The molecule has 20 heteroatoms. The normalized spacial score (nSPS) is 12.2. The molecule has 0 radical (unpaired) electrons. The van der Waals surface area contributed by atoms with E-state index in [9.17, 15) is 0 Å². The van der Waals surface area contributed by atoms with Gasteiger partial charge in [0, 0.05) is 118 Å². The van der Waals surface area contributed by atoms with E-state index in [0.717, 1.165) is 43.6 Å². The summed E-state index contributed by atoms with van der Waals surface area (Å²) in [4.78, 5) is 83.9. The second kappa shape index (κ2) is 31.4. The van der Waals surface area contributed by atoms with Crippen LogP contribution in [0.5, 0.6) is 92.0 Å². The molecule has 20 nitrogen and oxygen atoms in total. The minimum Gasteiger partial charge on any atom is -0.457 e. The molecule has 8 aromatic heterocycles. The second-order valence-corrected chi connectivity index (χ2v) is 37.3. The van der Waals surface area contributed by atoms with Crippen molar-refractivity contribution in [1.82, 2.24) is 37.5 Å². The molecule has 0 amide bonds. The van der Waals surface area contributed by atoms with Gasteiger partial charge in [0.15, 0.2) is 0 Å². The first-order valence-corrected chi connectivity index (χ1v) is 48.6. The zero-order valence-electron chi connectivity index (χ0n) is 77.7. The van der Waals surface area contributed by atoms with Gasteiger partial charge in [-0.25, -0.2) is 19.9 Å². The van der Waals surface area contributed by atoms with Gasteiger partial charge >= 0.3 is 0 Å². The Morgan fingerprint density at radius 2 is 0.324 bits per heavy atom. The molecule has 8 heterocycles. The summed E-state index contributed by atoms with van der Waals surface area (Å²) in [5, 5.41) is 18.3. The number of ether oxygens (including phenoxy) is 8. The van der Waals surface area contributed by atoms with E-state index in [1.54, 1.807) is 17.6 Å². The van der Waals surface area contributed by atoms with Crippen LogP contribution in [0.1, 0.15) is 0 Å². The zero-order chi connectivity index (χ0) is 97.5. The quantitative estimate of drug-likeness (QED) is 0.0650. The number of hydrogen-bond acceptors (Lipinski definition) is 16. The van der Waals surface area contributed by atoms with E-state index in [0.29, 0.717) is 266 Å². The van der Waals surface area contributed by atoms with Crippen molar-refractivity contribution in [1.29, 1.82) is 0 Å². The van der Waals surface area contributed by atoms with Gasteiger partial charge in [0.1, 0.15) is 115 Å². The van der Waals surface area contributed by atoms with Crippen LogP contribution in [0.3, 0.4) is 0 Å². The minimum absolute atomic E-state index is 0.259. The molecule has 0 N–H and O–H groups in total. The predicted octanol–water partition coefficient (Wildman–Crippen LogP) is 31.1. The molecule has 0 saturated carbocycles. The van der Waals surface area contributed by atoms with Crippen LogP contribution in [0, 0.1) is 0 Å². The van der Waals surface area contributed by atoms with E-state index in [-0.39, 0.29) is 22.2 Å². The van der Waals surface area contributed by atoms with Crippen molar-refractivity contribution >= 4 is 218 Å². The number of pyridine rings is 4. The maximum Gasteiger partial charge on any atom is 0.264 e. The lowest BCUT2D eigenvalue weighted by atomic mass is 9.84. The minimum atomic E-state index is -0.274. The van der Waals surface area contributed by atoms with Gasteiger partial charge in [0.25, 0.3) is 22.2 Å². The van der Waals surface area contributed by atoms with Crippen molar-refractivity contribution in [3.8, 4) is 92.0 Å². The molecule has 0 bridgehead atoms. The third-order valence-corrected chi connectivity index (χ3v) is 29.0. The summed E-state index contributed by atoms with van der Waals surface area (Å²) in [6.45, 7) is 0. The molecule has 24 aromatic carbocycles. The summed E-state index contributed by atoms with van der Waals surface area (Å²) in [6, 6.07) is 131. The lowest BCUT2D eigenvalue weighted by Gasteiger charge is -2.26. The third kappa shape index (κ3) is 12.0. The molecule has 692 valence electrons. The molecule has 148 heavy (non-hydrogen) atoms. The molecule has 0 unspecified atom stereocenters. The van der Waals surface area contributed by atoms with Crippen LogP contribution in [-0.2, 0) is 0 Å². The van der Waals surface area contributed by atoms with Crippen LogP contribution in [0.25, 0.3) is 218 Å². The number of aromatic nitrogens is 8. The van der Waals surface area contributed by atoms with E-state index in [1.807, 2.05) is 413 Å². The molecule has 0 aliphatic carbocycles. The number of imidazole rings is 2. The topological polar surface area (TPSA) is 211 Å². The Morgan fingerprint density at radius 1 is 0.149 bits per heavy atom. The molecule has 0 saturated heterocycles. The van der Waals surface area contributed by atoms with Crippen LogP contribution in [0.4, 0.5) is 0 Å². The molecule has 0 aliphatic heterocycles. The first kappa shape index (κ1) is 82.1. The van der Waals surface area contributed by atoms with E-state index in [2.05, 4.69) is 0 Å². The van der Waals surface area contributed by atoms with Gasteiger partial charge in [-0.1, -0.05) is 218 Å². The third-order valence-electron chi connectivity index (χ3n) is 29.0. The van der Waals surface area contributed by atoms with Crippen molar-refractivity contribution in [2.75, 3.05) is 0 Å². The SMILES string of the molecule is O=c1c2cc(Oc3ccccc3)c3c4c(Oc5ccccc5)cc5c6c(cc(Oc7ccccc7)c(c7c(Oc8ccccc8)cc(c2c37)c2nc3cccc7cccc(c73)n12)c46)c(=O)n1c2cccc3cccc(nc51)c32.O=c1c2cc(Oc3ccccc3)c3c4c(Oc5ccccc5)cc5c6c(cc(Oc7ccccc7)c(c7c(Oc8ccccc8)cc(c2c37)c2nc3ccccc3n12)c46)c(=O)n1c2ccccc2nc51. The number of rotatable bonds is 16. The lowest BCUT2D eigenvalue weighted by Crippen LogP contribution is -2.18.